The minimum atomic E-state index is -0.103. The molecule has 1 N–H and O–H groups in total. The molecule has 0 radical (unpaired) electrons. The maximum atomic E-state index is 12.8. The molecule has 2 aliphatic rings. The van der Waals surface area contributed by atoms with E-state index in [0.29, 0.717) is 6.54 Å². The van der Waals surface area contributed by atoms with Crippen LogP contribution in [0, 0.1) is 0 Å². The van der Waals surface area contributed by atoms with Gasteiger partial charge >= 0.3 is 0 Å². The van der Waals surface area contributed by atoms with E-state index in [0.717, 1.165) is 70.4 Å². The fourth-order valence-electron chi connectivity index (χ4n) is 4.51. The number of rotatable bonds is 7. The lowest BCUT2D eigenvalue weighted by atomic mass is 9.84. The number of likely N-dealkylation sites (tertiary alicyclic amines) is 1. The summed E-state index contributed by atoms with van der Waals surface area (Å²) in [6, 6.07) is 8.21. The van der Waals surface area contributed by atoms with Gasteiger partial charge in [-0.2, -0.15) is 0 Å². The van der Waals surface area contributed by atoms with Crippen LogP contribution in [0.25, 0.3) is 0 Å². The maximum absolute atomic E-state index is 12.8. The summed E-state index contributed by atoms with van der Waals surface area (Å²) in [6.45, 7) is 15.5. The smallest absolute Gasteiger partial charge is 0.239 e. The van der Waals surface area contributed by atoms with E-state index in [2.05, 4.69) is 54.9 Å². The number of amides is 1. The van der Waals surface area contributed by atoms with Crippen molar-refractivity contribution in [1.29, 1.82) is 0 Å². The van der Waals surface area contributed by atoms with E-state index in [1.54, 1.807) is 7.11 Å². The van der Waals surface area contributed by atoms with Crippen molar-refractivity contribution < 1.29 is 9.53 Å². The Labute approximate surface area is 216 Å². The second-order valence-corrected chi connectivity index (χ2v) is 9.52. The van der Waals surface area contributed by atoms with Crippen molar-refractivity contribution in [3.63, 3.8) is 0 Å². The second-order valence-electron chi connectivity index (χ2n) is 9.52. The molecule has 0 spiro atoms. The number of halogens is 1. The van der Waals surface area contributed by atoms with Crippen molar-refractivity contribution >= 4 is 35.8 Å². The van der Waals surface area contributed by atoms with Crippen LogP contribution in [-0.2, 0) is 10.2 Å². The second kappa shape index (κ2) is 12.8. The van der Waals surface area contributed by atoms with Crippen molar-refractivity contribution in [1.82, 2.24) is 20.0 Å². The molecule has 0 aromatic heterocycles. The fraction of sp³-hybridized carbons (Fsp3) is 0.680. The molecular formula is C25H42IN5O2. The van der Waals surface area contributed by atoms with Gasteiger partial charge in [-0.1, -0.05) is 26.0 Å². The first-order valence-corrected chi connectivity index (χ1v) is 12.1. The zero-order valence-corrected chi connectivity index (χ0v) is 23.3. The number of guanidine groups is 1. The van der Waals surface area contributed by atoms with Gasteiger partial charge in [-0.3, -0.25) is 14.7 Å². The van der Waals surface area contributed by atoms with E-state index in [-0.39, 0.29) is 41.3 Å². The minimum Gasteiger partial charge on any atom is -0.497 e. The standard InChI is InChI=1S/C25H41N5O2.HI/c1-6-26-24(27-19-25(3,4)21-10-9-11-22(18-21)32-5)30-16-14-28(15-17-30)20(2)23(31)29-12-7-8-13-29;/h9-11,18,20H,6-8,12-17,19H2,1-5H3,(H,26,27);1H. The number of methoxy groups -OCH3 is 1. The summed E-state index contributed by atoms with van der Waals surface area (Å²) in [7, 11) is 1.70. The summed E-state index contributed by atoms with van der Waals surface area (Å²) in [5.41, 5.74) is 1.11. The van der Waals surface area contributed by atoms with Crippen LogP contribution < -0.4 is 10.1 Å². The molecular weight excluding hydrogens is 529 g/mol. The Morgan fingerprint density at radius 1 is 1.12 bits per heavy atom. The van der Waals surface area contributed by atoms with Gasteiger partial charge in [0.05, 0.1) is 19.7 Å². The number of carbonyl (C=O) groups excluding carboxylic acids is 1. The number of ether oxygens (including phenoxy) is 1. The molecule has 2 heterocycles. The Balaban J connectivity index is 0.00000385. The Morgan fingerprint density at radius 3 is 2.39 bits per heavy atom. The Bertz CT molecular complexity index is 787. The van der Waals surface area contributed by atoms with Gasteiger partial charge in [0.15, 0.2) is 5.96 Å². The summed E-state index contributed by atoms with van der Waals surface area (Å²) in [5.74, 6) is 2.12. The van der Waals surface area contributed by atoms with Crippen LogP contribution in [-0.4, -0.2) is 92.1 Å². The minimum absolute atomic E-state index is 0. The number of nitrogens with zero attached hydrogens (tertiary/aromatic N) is 4. The molecule has 2 fully saturated rings. The maximum Gasteiger partial charge on any atom is 0.239 e. The molecule has 1 amide bonds. The Hall–Kier alpha value is -1.55. The van der Waals surface area contributed by atoms with Gasteiger partial charge in [0.25, 0.3) is 0 Å². The highest BCUT2D eigenvalue weighted by molar-refractivity contribution is 14.0. The Morgan fingerprint density at radius 2 is 1.79 bits per heavy atom. The monoisotopic (exact) mass is 571 g/mol. The van der Waals surface area contributed by atoms with Gasteiger partial charge < -0.3 is 19.9 Å². The zero-order chi connectivity index (χ0) is 23.1. The van der Waals surface area contributed by atoms with Gasteiger partial charge in [-0.05, 0) is 44.4 Å². The SMILES string of the molecule is CCNC(=NCC(C)(C)c1cccc(OC)c1)N1CCN(C(C)C(=O)N2CCCC2)CC1.I. The predicted molar refractivity (Wildman–Crippen MR) is 146 cm³/mol. The number of nitrogens with one attached hydrogen (secondary N) is 1. The van der Waals surface area contributed by atoms with Crippen molar-refractivity contribution in [2.24, 2.45) is 4.99 Å². The number of piperazine rings is 1. The zero-order valence-electron chi connectivity index (χ0n) is 21.0. The van der Waals surface area contributed by atoms with Crippen molar-refractivity contribution in [2.75, 3.05) is 59.5 Å². The number of carbonyl (C=O) groups is 1. The molecule has 1 unspecified atom stereocenters. The van der Waals surface area contributed by atoms with Crippen molar-refractivity contribution in [3.05, 3.63) is 29.8 Å². The summed E-state index contributed by atoms with van der Waals surface area (Å²) >= 11 is 0. The highest BCUT2D eigenvalue weighted by atomic mass is 127. The average molecular weight is 572 g/mol. The van der Waals surface area contributed by atoms with E-state index in [9.17, 15) is 4.79 Å². The summed E-state index contributed by atoms with van der Waals surface area (Å²) < 4.78 is 5.40. The average Bonchev–Trinajstić information content (AvgIpc) is 3.36. The van der Waals surface area contributed by atoms with Gasteiger partial charge in [0.2, 0.25) is 5.91 Å². The highest BCUT2D eigenvalue weighted by Gasteiger charge is 2.31. The molecule has 0 bridgehead atoms. The van der Waals surface area contributed by atoms with Crippen LogP contribution in [0.2, 0.25) is 0 Å². The van der Waals surface area contributed by atoms with E-state index in [1.165, 1.54) is 5.56 Å². The van der Waals surface area contributed by atoms with Gasteiger partial charge in [-0.15, -0.1) is 24.0 Å². The van der Waals surface area contributed by atoms with Crippen molar-refractivity contribution in [3.8, 4) is 5.75 Å². The van der Waals surface area contributed by atoms with Crippen LogP contribution in [0.5, 0.6) is 5.75 Å². The molecule has 1 aromatic rings. The van der Waals surface area contributed by atoms with E-state index >= 15 is 0 Å². The Kier molecular flexibility index (Phi) is 10.7. The largest absolute Gasteiger partial charge is 0.497 e. The topological polar surface area (TPSA) is 60.4 Å². The highest BCUT2D eigenvalue weighted by Crippen LogP contribution is 2.27. The van der Waals surface area contributed by atoms with E-state index < -0.39 is 0 Å². The number of hydrogen-bond acceptors (Lipinski definition) is 4. The lowest BCUT2D eigenvalue weighted by molar-refractivity contribution is -0.135. The van der Waals surface area contributed by atoms with Crippen LogP contribution >= 0.6 is 24.0 Å². The first-order chi connectivity index (χ1) is 15.4. The number of benzene rings is 1. The predicted octanol–water partition coefficient (Wildman–Crippen LogP) is 3.18. The molecule has 0 saturated carbocycles. The molecule has 7 nitrogen and oxygen atoms in total. The third kappa shape index (κ3) is 7.21. The third-order valence-corrected chi connectivity index (χ3v) is 6.75. The molecule has 186 valence electrons. The van der Waals surface area contributed by atoms with Gasteiger partial charge in [-0.25, -0.2) is 0 Å². The first kappa shape index (κ1) is 27.7. The van der Waals surface area contributed by atoms with Gasteiger partial charge in [0.1, 0.15) is 5.75 Å². The van der Waals surface area contributed by atoms with Crippen molar-refractivity contribution in [2.45, 2.75) is 52.0 Å². The molecule has 0 aliphatic carbocycles. The molecule has 2 saturated heterocycles. The summed E-state index contributed by atoms with van der Waals surface area (Å²) in [6.07, 6.45) is 2.28. The van der Waals surface area contributed by atoms with E-state index in [4.69, 9.17) is 9.73 Å². The molecule has 2 aliphatic heterocycles. The normalized spacial score (nSPS) is 18.6. The lowest BCUT2D eigenvalue weighted by Gasteiger charge is -2.39. The van der Waals surface area contributed by atoms with E-state index in [1.807, 2.05) is 17.0 Å². The van der Waals surface area contributed by atoms with Crippen LogP contribution in [0.4, 0.5) is 0 Å². The third-order valence-electron chi connectivity index (χ3n) is 6.75. The summed E-state index contributed by atoms with van der Waals surface area (Å²) in [4.78, 5) is 24.5. The number of hydrogen-bond donors (Lipinski definition) is 1. The van der Waals surface area contributed by atoms with Crippen LogP contribution in [0.15, 0.2) is 29.3 Å². The van der Waals surface area contributed by atoms with Crippen LogP contribution in [0.3, 0.4) is 0 Å². The van der Waals surface area contributed by atoms with Crippen LogP contribution in [0.1, 0.15) is 46.1 Å². The molecule has 3 rings (SSSR count). The lowest BCUT2D eigenvalue weighted by Crippen LogP contribution is -2.57. The number of aliphatic imine (C=N–C) groups is 1. The fourth-order valence-corrected chi connectivity index (χ4v) is 4.51. The molecule has 1 atom stereocenters. The molecule has 1 aromatic carbocycles. The first-order valence-electron chi connectivity index (χ1n) is 12.1. The molecule has 8 heteroatoms. The van der Waals surface area contributed by atoms with Gasteiger partial charge in [0, 0.05) is 51.2 Å². The summed E-state index contributed by atoms with van der Waals surface area (Å²) in [5, 5.41) is 3.47. The quantitative estimate of drug-likeness (QED) is 0.310. The molecule has 33 heavy (non-hydrogen) atoms.